The maximum Gasteiger partial charge on any atom is 0.0722 e. The zero-order chi connectivity index (χ0) is 14.0. The van der Waals surface area contributed by atoms with Gasteiger partial charge in [0.15, 0.2) is 0 Å². The van der Waals surface area contributed by atoms with Gasteiger partial charge in [0, 0.05) is 10.5 Å². The largest absolute Gasteiger partial charge is 0.380 e. The third-order valence-electron chi connectivity index (χ3n) is 4.01. The van der Waals surface area contributed by atoms with Gasteiger partial charge in [-0.05, 0) is 36.8 Å². The van der Waals surface area contributed by atoms with E-state index in [-0.39, 0.29) is 0 Å². The average molecular weight is 365 g/mol. The summed E-state index contributed by atoms with van der Waals surface area (Å²) in [5.41, 5.74) is 0.879. The molecular formula is C15H20BrCl2N. The second kappa shape index (κ2) is 6.69. The first-order valence-electron chi connectivity index (χ1n) is 6.90. The van der Waals surface area contributed by atoms with Crippen molar-refractivity contribution in [2.75, 3.05) is 5.32 Å². The van der Waals surface area contributed by atoms with Crippen LogP contribution in [0.25, 0.3) is 0 Å². The van der Waals surface area contributed by atoms with Gasteiger partial charge in [0.1, 0.15) is 0 Å². The third-order valence-corrected chi connectivity index (χ3v) is 5.07. The molecule has 1 aromatic rings. The minimum atomic E-state index is 0.477. The molecule has 2 rings (SSSR count). The fraction of sp³-hybridized carbons (Fsp3) is 0.600. The molecule has 2 unspecified atom stereocenters. The van der Waals surface area contributed by atoms with E-state index >= 15 is 0 Å². The van der Waals surface area contributed by atoms with Gasteiger partial charge in [0.2, 0.25) is 0 Å². The number of benzene rings is 1. The zero-order valence-electron chi connectivity index (χ0n) is 11.3. The molecule has 0 bridgehead atoms. The quantitative estimate of drug-likeness (QED) is 0.655. The van der Waals surface area contributed by atoms with Gasteiger partial charge in [-0.1, -0.05) is 65.8 Å². The lowest BCUT2D eigenvalue weighted by Crippen LogP contribution is -2.35. The summed E-state index contributed by atoms with van der Waals surface area (Å²) >= 11 is 16.0. The summed E-state index contributed by atoms with van der Waals surface area (Å²) in [6, 6.07) is 4.26. The molecule has 1 aliphatic rings. The van der Waals surface area contributed by atoms with E-state index in [1.165, 1.54) is 25.7 Å². The molecule has 1 aromatic carbocycles. The van der Waals surface area contributed by atoms with E-state index in [1.54, 1.807) is 0 Å². The van der Waals surface area contributed by atoms with E-state index in [1.807, 2.05) is 12.1 Å². The van der Waals surface area contributed by atoms with E-state index in [0.29, 0.717) is 27.9 Å². The van der Waals surface area contributed by atoms with Gasteiger partial charge in [-0.15, -0.1) is 0 Å². The summed E-state index contributed by atoms with van der Waals surface area (Å²) in [7, 11) is 0. The highest BCUT2D eigenvalue weighted by Gasteiger charge is 2.28. The molecule has 0 heterocycles. The lowest BCUT2D eigenvalue weighted by atomic mass is 9.78. The van der Waals surface area contributed by atoms with Crippen LogP contribution < -0.4 is 5.32 Å². The number of halogens is 3. The summed E-state index contributed by atoms with van der Waals surface area (Å²) in [6.45, 7) is 4.60. The van der Waals surface area contributed by atoms with Crippen LogP contribution in [0.4, 0.5) is 5.69 Å². The SMILES string of the molecule is CC(C)C1CCCCC1Nc1c(Cl)cc(Br)cc1Cl. The Bertz CT molecular complexity index is 425. The normalized spacial score (nSPS) is 23.7. The van der Waals surface area contributed by atoms with Crippen molar-refractivity contribution in [1.29, 1.82) is 0 Å². The van der Waals surface area contributed by atoms with Crippen molar-refractivity contribution < 1.29 is 0 Å². The predicted octanol–water partition coefficient (Wildman–Crippen LogP) is 6.38. The van der Waals surface area contributed by atoms with Gasteiger partial charge in [0.05, 0.1) is 15.7 Å². The van der Waals surface area contributed by atoms with E-state index in [0.717, 1.165) is 10.2 Å². The lowest BCUT2D eigenvalue weighted by molar-refractivity contribution is 0.254. The van der Waals surface area contributed by atoms with E-state index in [9.17, 15) is 0 Å². The first-order valence-corrected chi connectivity index (χ1v) is 8.45. The van der Waals surface area contributed by atoms with E-state index in [2.05, 4.69) is 35.1 Å². The smallest absolute Gasteiger partial charge is 0.0722 e. The Morgan fingerprint density at radius 3 is 2.32 bits per heavy atom. The van der Waals surface area contributed by atoms with Crippen molar-refractivity contribution in [2.24, 2.45) is 11.8 Å². The Morgan fingerprint density at radius 2 is 1.74 bits per heavy atom. The van der Waals surface area contributed by atoms with Gasteiger partial charge in [-0.25, -0.2) is 0 Å². The van der Waals surface area contributed by atoms with Crippen molar-refractivity contribution in [1.82, 2.24) is 0 Å². The van der Waals surface area contributed by atoms with Gasteiger partial charge < -0.3 is 5.32 Å². The predicted molar refractivity (Wildman–Crippen MR) is 88.4 cm³/mol. The molecule has 2 atom stereocenters. The van der Waals surface area contributed by atoms with Crippen LogP contribution in [0.3, 0.4) is 0 Å². The number of nitrogens with one attached hydrogen (secondary N) is 1. The van der Waals surface area contributed by atoms with Crippen LogP contribution in [0.5, 0.6) is 0 Å². The van der Waals surface area contributed by atoms with Crippen LogP contribution in [0.2, 0.25) is 10.0 Å². The molecule has 0 spiro atoms. The maximum atomic E-state index is 6.30. The minimum Gasteiger partial charge on any atom is -0.380 e. The van der Waals surface area contributed by atoms with Crippen molar-refractivity contribution >= 4 is 44.8 Å². The standard InChI is InChI=1S/C15H20BrCl2N/c1-9(2)11-5-3-4-6-14(11)19-15-12(17)7-10(16)8-13(15)18/h7-9,11,14,19H,3-6H2,1-2H3. The number of hydrogen-bond acceptors (Lipinski definition) is 1. The first-order chi connectivity index (χ1) is 8.99. The van der Waals surface area contributed by atoms with Gasteiger partial charge in [-0.3, -0.25) is 0 Å². The van der Waals surface area contributed by atoms with Crippen LogP contribution in [-0.2, 0) is 0 Å². The lowest BCUT2D eigenvalue weighted by Gasteiger charge is -2.36. The highest BCUT2D eigenvalue weighted by molar-refractivity contribution is 9.10. The number of anilines is 1. The van der Waals surface area contributed by atoms with E-state index < -0.39 is 0 Å². The second-order valence-electron chi connectivity index (χ2n) is 5.69. The molecule has 19 heavy (non-hydrogen) atoms. The molecule has 4 heteroatoms. The summed E-state index contributed by atoms with van der Waals surface area (Å²) in [5.74, 6) is 1.38. The summed E-state index contributed by atoms with van der Waals surface area (Å²) < 4.78 is 0.914. The summed E-state index contributed by atoms with van der Waals surface area (Å²) in [6.07, 6.45) is 5.11. The number of hydrogen-bond donors (Lipinski definition) is 1. The monoisotopic (exact) mass is 363 g/mol. The average Bonchev–Trinajstić information content (AvgIpc) is 2.34. The molecule has 1 aliphatic carbocycles. The molecule has 1 fully saturated rings. The molecule has 0 saturated heterocycles. The molecule has 0 amide bonds. The van der Waals surface area contributed by atoms with Crippen LogP contribution in [0.1, 0.15) is 39.5 Å². The molecule has 1 nitrogen and oxygen atoms in total. The van der Waals surface area contributed by atoms with Crippen LogP contribution in [0, 0.1) is 11.8 Å². The van der Waals surface area contributed by atoms with Gasteiger partial charge in [0.25, 0.3) is 0 Å². The fourth-order valence-electron chi connectivity index (χ4n) is 3.00. The molecule has 106 valence electrons. The van der Waals surface area contributed by atoms with Crippen LogP contribution >= 0.6 is 39.1 Å². The molecular weight excluding hydrogens is 345 g/mol. The van der Waals surface area contributed by atoms with E-state index in [4.69, 9.17) is 23.2 Å². The fourth-order valence-corrected chi connectivity index (χ4v) is 4.32. The topological polar surface area (TPSA) is 12.0 Å². The number of rotatable bonds is 3. The Hall–Kier alpha value is 0.0800. The van der Waals surface area contributed by atoms with Crippen molar-refractivity contribution in [2.45, 2.75) is 45.6 Å². The maximum absolute atomic E-state index is 6.30. The zero-order valence-corrected chi connectivity index (χ0v) is 14.4. The molecule has 0 aromatic heterocycles. The highest BCUT2D eigenvalue weighted by atomic mass is 79.9. The Morgan fingerprint density at radius 1 is 1.16 bits per heavy atom. The summed E-state index contributed by atoms with van der Waals surface area (Å²) in [5, 5.41) is 4.97. The summed E-state index contributed by atoms with van der Waals surface area (Å²) in [4.78, 5) is 0. The second-order valence-corrected chi connectivity index (χ2v) is 7.42. The van der Waals surface area contributed by atoms with Crippen molar-refractivity contribution in [3.05, 3.63) is 26.7 Å². The van der Waals surface area contributed by atoms with Gasteiger partial charge in [-0.2, -0.15) is 0 Å². The molecule has 1 saturated carbocycles. The van der Waals surface area contributed by atoms with Crippen molar-refractivity contribution in [3.8, 4) is 0 Å². The van der Waals surface area contributed by atoms with Crippen LogP contribution in [-0.4, -0.2) is 6.04 Å². The van der Waals surface area contributed by atoms with Gasteiger partial charge >= 0.3 is 0 Å². The Kier molecular flexibility index (Phi) is 5.45. The molecule has 1 N–H and O–H groups in total. The Balaban J connectivity index is 2.19. The first kappa shape index (κ1) is 15.5. The van der Waals surface area contributed by atoms with Crippen LogP contribution in [0.15, 0.2) is 16.6 Å². The highest BCUT2D eigenvalue weighted by Crippen LogP contribution is 2.38. The Labute approximate surface area is 134 Å². The molecule has 0 aliphatic heterocycles. The third kappa shape index (κ3) is 3.80. The van der Waals surface area contributed by atoms with Crippen molar-refractivity contribution in [3.63, 3.8) is 0 Å². The molecule has 0 radical (unpaired) electrons. The minimum absolute atomic E-state index is 0.477.